The molecule has 1 aromatic heterocycles. The highest BCUT2D eigenvalue weighted by atomic mass is 32.1. The van der Waals surface area contributed by atoms with Gasteiger partial charge in [0, 0.05) is 17.6 Å². The highest BCUT2D eigenvalue weighted by Crippen LogP contribution is 2.18. The largest absolute Gasteiger partial charge is 0.455 e. The van der Waals surface area contributed by atoms with Crippen LogP contribution in [0.5, 0.6) is 0 Å². The van der Waals surface area contributed by atoms with Crippen molar-refractivity contribution >= 4 is 23.0 Å². The maximum Gasteiger partial charge on any atom is 0.341 e. The van der Waals surface area contributed by atoms with E-state index < -0.39 is 23.2 Å². The van der Waals surface area contributed by atoms with Gasteiger partial charge in [0.15, 0.2) is 0 Å². The second-order valence-electron chi connectivity index (χ2n) is 3.36. The average Bonchev–Trinajstić information content (AvgIpc) is 2.84. The quantitative estimate of drug-likeness (QED) is 0.687. The van der Waals surface area contributed by atoms with Gasteiger partial charge in [-0.3, -0.25) is 0 Å². The van der Waals surface area contributed by atoms with Gasteiger partial charge in [-0.15, -0.1) is 11.3 Å². The number of nitrogens with two attached hydrogens (primary N) is 1. The molecule has 0 atom stereocenters. The molecule has 0 bridgehead atoms. The highest BCUT2D eigenvalue weighted by molar-refractivity contribution is 7.09. The summed E-state index contributed by atoms with van der Waals surface area (Å²) in [6, 6.07) is 1.46. The zero-order valence-electron chi connectivity index (χ0n) is 9.02. The summed E-state index contributed by atoms with van der Waals surface area (Å²) in [6.07, 6.45) is 1.55. The number of anilines is 1. The fraction of sp³-hybridized carbons (Fsp3) is 0.0909. The first kappa shape index (κ1) is 12.4. The van der Waals surface area contributed by atoms with Crippen LogP contribution in [0.15, 0.2) is 23.7 Å². The molecule has 0 amide bonds. The molecule has 0 saturated carbocycles. The number of carbonyl (C=O) groups excluding carboxylic acids is 1. The summed E-state index contributed by atoms with van der Waals surface area (Å²) >= 11 is 1.29. The lowest BCUT2D eigenvalue weighted by atomic mass is 10.2. The van der Waals surface area contributed by atoms with E-state index in [1.165, 1.54) is 11.3 Å². The molecule has 2 N–H and O–H groups in total. The Kier molecular flexibility index (Phi) is 3.52. The van der Waals surface area contributed by atoms with E-state index in [1.54, 1.807) is 11.6 Å². The number of ether oxygens (including phenoxy) is 1. The maximum absolute atomic E-state index is 13.4. The van der Waals surface area contributed by atoms with E-state index in [1.807, 2.05) is 0 Å². The molecule has 4 nitrogen and oxygen atoms in total. The van der Waals surface area contributed by atoms with Gasteiger partial charge in [-0.05, 0) is 6.07 Å². The van der Waals surface area contributed by atoms with Gasteiger partial charge < -0.3 is 10.5 Å². The molecule has 0 saturated heterocycles. The molecule has 1 aromatic carbocycles. The molecule has 0 aliphatic carbocycles. The van der Waals surface area contributed by atoms with E-state index in [0.29, 0.717) is 5.01 Å². The Labute approximate surface area is 105 Å². The van der Waals surface area contributed by atoms with Gasteiger partial charge in [0.25, 0.3) is 0 Å². The summed E-state index contributed by atoms with van der Waals surface area (Å²) in [4.78, 5) is 15.4. The lowest BCUT2D eigenvalue weighted by molar-refractivity contribution is 0.0466. The number of nitrogen functional groups attached to an aromatic ring is 1. The molecule has 94 valence electrons. The Morgan fingerprint density at radius 2 is 2.17 bits per heavy atom. The van der Waals surface area contributed by atoms with Crippen LogP contribution in [0.4, 0.5) is 14.5 Å². The number of halogens is 2. The number of aromatic nitrogens is 1. The van der Waals surface area contributed by atoms with E-state index in [0.717, 1.165) is 12.1 Å². The number of benzene rings is 1. The minimum atomic E-state index is -0.957. The number of esters is 1. The topological polar surface area (TPSA) is 65.2 Å². The van der Waals surface area contributed by atoms with E-state index >= 15 is 0 Å². The molecule has 0 aliphatic heterocycles. The van der Waals surface area contributed by atoms with E-state index in [-0.39, 0.29) is 12.3 Å². The van der Waals surface area contributed by atoms with Gasteiger partial charge in [0.2, 0.25) is 0 Å². The van der Waals surface area contributed by atoms with Crippen molar-refractivity contribution in [3.05, 3.63) is 45.9 Å². The second-order valence-corrected chi connectivity index (χ2v) is 4.33. The molecule has 0 unspecified atom stereocenters. The zero-order valence-corrected chi connectivity index (χ0v) is 9.84. The van der Waals surface area contributed by atoms with Gasteiger partial charge in [0.1, 0.15) is 23.2 Å². The first-order valence-corrected chi connectivity index (χ1v) is 5.76. The molecular weight excluding hydrogens is 262 g/mol. The third kappa shape index (κ3) is 2.62. The molecule has 18 heavy (non-hydrogen) atoms. The number of rotatable bonds is 3. The van der Waals surface area contributed by atoms with Gasteiger partial charge in [-0.25, -0.2) is 18.6 Å². The van der Waals surface area contributed by atoms with Crippen LogP contribution in [0, 0.1) is 11.6 Å². The van der Waals surface area contributed by atoms with Gasteiger partial charge in [-0.1, -0.05) is 0 Å². The maximum atomic E-state index is 13.4. The molecule has 2 rings (SSSR count). The zero-order chi connectivity index (χ0) is 13.1. The van der Waals surface area contributed by atoms with Crippen LogP contribution in [0.1, 0.15) is 15.4 Å². The van der Waals surface area contributed by atoms with Crippen LogP contribution in [-0.2, 0) is 11.3 Å². The van der Waals surface area contributed by atoms with Crippen LogP contribution in [-0.4, -0.2) is 11.0 Å². The summed E-state index contributed by atoms with van der Waals surface area (Å²) in [5, 5.41) is 2.28. The summed E-state index contributed by atoms with van der Waals surface area (Å²) in [5.74, 6) is -2.74. The van der Waals surface area contributed by atoms with E-state index in [2.05, 4.69) is 4.98 Å². The van der Waals surface area contributed by atoms with Crippen molar-refractivity contribution in [3.8, 4) is 0 Å². The first-order chi connectivity index (χ1) is 8.58. The highest BCUT2D eigenvalue weighted by Gasteiger charge is 2.16. The molecule has 1 heterocycles. The van der Waals surface area contributed by atoms with Gasteiger partial charge >= 0.3 is 5.97 Å². The Hall–Kier alpha value is -2.02. The SMILES string of the molecule is Nc1cc(F)c(C(=O)OCc2nccs2)cc1F. The second kappa shape index (κ2) is 5.09. The van der Waals surface area contributed by atoms with Crippen molar-refractivity contribution in [2.45, 2.75) is 6.61 Å². The molecule has 2 aromatic rings. The summed E-state index contributed by atoms with van der Waals surface area (Å²) in [6.45, 7) is -0.0814. The monoisotopic (exact) mass is 270 g/mol. The fourth-order valence-electron chi connectivity index (χ4n) is 1.25. The third-order valence-electron chi connectivity index (χ3n) is 2.12. The van der Waals surface area contributed by atoms with Crippen LogP contribution in [0.25, 0.3) is 0 Å². The van der Waals surface area contributed by atoms with Crippen molar-refractivity contribution in [2.75, 3.05) is 5.73 Å². The Morgan fingerprint density at radius 3 is 2.83 bits per heavy atom. The fourth-order valence-corrected chi connectivity index (χ4v) is 1.78. The molecule has 0 radical (unpaired) electrons. The van der Waals surface area contributed by atoms with Gasteiger partial charge in [-0.2, -0.15) is 0 Å². The summed E-state index contributed by atoms with van der Waals surface area (Å²) in [7, 11) is 0. The average molecular weight is 270 g/mol. The number of nitrogens with zero attached hydrogens (tertiary/aromatic N) is 1. The molecule has 0 aliphatic rings. The Bertz CT molecular complexity index is 573. The molecule has 0 fully saturated rings. The van der Waals surface area contributed by atoms with Crippen molar-refractivity contribution in [2.24, 2.45) is 0 Å². The van der Waals surface area contributed by atoms with Crippen molar-refractivity contribution in [3.63, 3.8) is 0 Å². The predicted octanol–water partition coefficient (Wildman–Crippen LogP) is 2.36. The number of carbonyl (C=O) groups is 1. The minimum Gasteiger partial charge on any atom is -0.455 e. The van der Waals surface area contributed by atoms with Crippen LogP contribution >= 0.6 is 11.3 Å². The molecule has 7 heteroatoms. The minimum absolute atomic E-state index is 0.0814. The smallest absolute Gasteiger partial charge is 0.341 e. The van der Waals surface area contributed by atoms with Crippen LogP contribution < -0.4 is 5.73 Å². The number of hydrogen-bond acceptors (Lipinski definition) is 5. The van der Waals surface area contributed by atoms with Crippen molar-refractivity contribution in [1.29, 1.82) is 0 Å². The predicted molar refractivity (Wildman–Crippen MR) is 62.0 cm³/mol. The summed E-state index contributed by atoms with van der Waals surface area (Å²) < 4.78 is 31.3. The first-order valence-electron chi connectivity index (χ1n) is 4.88. The number of thiazole rings is 1. The standard InChI is InChI=1S/C11H8F2N2O2S/c12-7-4-9(14)8(13)3-6(7)11(16)17-5-10-15-1-2-18-10/h1-4H,5,14H2. The Morgan fingerprint density at radius 1 is 1.39 bits per heavy atom. The lowest BCUT2D eigenvalue weighted by Gasteiger charge is -2.05. The van der Waals surface area contributed by atoms with E-state index in [4.69, 9.17) is 10.5 Å². The normalized spacial score (nSPS) is 10.3. The molecular formula is C11H8F2N2O2S. The number of hydrogen-bond donors (Lipinski definition) is 1. The van der Waals surface area contributed by atoms with E-state index in [9.17, 15) is 13.6 Å². The molecule has 0 spiro atoms. The summed E-state index contributed by atoms with van der Waals surface area (Å²) in [5.41, 5.74) is 4.32. The lowest BCUT2D eigenvalue weighted by Crippen LogP contribution is -2.09. The van der Waals surface area contributed by atoms with Gasteiger partial charge in [0.05, 0.1) is 11.3 Å². The third-order valence-corrected chi connectivity index (χ3v) is 2.87. The van der Waals surface area contributed by atoms with Crippen LogP contribution in [0.3, 0.4) is 0 Å². The Balaban J connectivity index is 2.11. The van der Waals surface area contributed by atoms with Crippen molar-refractivity contribution < 1.29 is 18.3 Å². The van der Waals surface area contributed by atoms with Crippen molar-refractivity contribution in [1.82, 2.24) is 4.98 Å². The van der Waals surface area contributed by atoms with Crippen LogP contribution in [0.2, 0.25) is 0 Å².